The summed E-state index contributed by atoms with van der Waals surface area (Å²) < 4.78 is 0. The molecule has 0 saturated heterocycles. The van der Waals surface area contributed by atoms with E-state index >= 15 is 0 Å². The van der Waals surface area contributed by atoms with Gasteiger partial charge in [0.05, 0.1) is 0 Å². The molecule has 0 heterocycles. The molecule has 2 aromatic rings. The van der Waals surface area contributed by atoms with E-state index in [2.05, 4.69) is 48.7 Å². The lowest BCUT2D eigenvalue weighted by molar-refractivity contribution is 0.252. The van der Waals surface area contributed by atoms with Gasteiger partial charge in [0.2, 0.25) is 0 Å². The van der Waals surface area contributed by atoms with Gasteiger partial charge in [-0.3, -0.25) is 0 Å². The number of benzene rings is 2. The van der Waals surface area contributed by atoms with Crippen molar-refractivity contribution < 1.29 is 4.79 Å². The second kappa shape index (κ2) is 7.64. The number of rotatable bonds is 5. The van der Waals surface area contributed by atoms with Crippen molar-refractivity contribution in [1.29, 1.82) is 0 Å². The summed E-state index contributed by atoms with van der Waals surface area (Å²) in [5, 5.41) is 5.90. The summed E-state index contributed by atoms with van der Waals surface area (Å²) in [6.07, 6.45) is 1.74. The molecule has 22 heavy (non-hydrogen) atoms. The summed E-state index contributed by atoms with van der Waals surface area (Å²) >= 11 is 0. The fourth-order valence-corrected chi connectivity index (χ4v) is 2.55. The van der Waals surface area contributed by atoms with E-state index in [1.54, 1.807) is 0 Å². The van der Waals surface area contributed by atoms with Crippen LogP contribution in [0.3, 0.4) is 0 Å². The molecule has 0 spiro atoms. The zero-order chi connectivity index (χ0) is 15.9. The first kappa shape index (κ1) is 16.1. The minimum absolute atomic E-state index is 0.142. The van der Waals surface area contributed by atoms with Crippen LogP contribution in [0, 0.1) is 13.8 Å². The third-order valence-electron chi connectivity index (χ3n) is 3.76. The first-order valence-corrected chi connectivity index (χ1v) is 7.79. The maximum Gasteiger partial charge on any atom is 0.319 e. The molecule has 0 fully saturated rings. The van der Waals surface area contributed by atoms with E-state index in [0.717, 1.165) is 29.7 Å². The molecule has 0 unspecified atom stereocenters. The lowest BCUT2D eigenvalue weighted by Gasteiger charge is -2.13. The number of hydrogen-bond acceptors (Lipinski definition) is 1. The van der Waals surface area contributed by atoms with Gasteiger partial charge in [-0.05, 0) is 43.4 Å². The van der Waals surface area contributed by atoms with Gasteiger partial charge in [0.25, 0.3) is 0 Å². The van der Waals surface area contributed by atoms with E-state index in [1.165, 1.54) is 11.1 Å². The molecule has 2 rings (SSSR count). The molecular formula is C19H24N2O. The summed E-state index contributed by atoms with van der Waals surface area (Å²) in [4.78, 5) is 12.1. The van der Waals surface area contributed by atoms with Gasteiger partial charge in [0, 0.05) is 12.2 Å². The second-order valence-electron chi connectivity index (χ2n) is 5.58. The quantitative estimate of drug-likeness (QED) is 0.851. The number of carbonyl (C=O) groups is 1. The molecule has 3 heteroatoms. The topological polar surface area (TPSA) is 41.1 Å². The first-order valence-electron chi connectivity index (χ1n) is 7.79. The zero-order valence-corrected chi connectivity index (χ0v) is 13.6. The van der Waals surface area contributed by atoms with Crippen LogP contribution in [0.2, 0.25) is 0 Å². The van der Waals surface area contributed by atoms with Gasteiger partial charge in [-0.15, -0.1) is 0 Å². The molecule has 3 nitrogen and oxygen atoms in total. The SMILES string of the molecule is CCc1cccc(C)c1NC(=O)NCCc1cccc(C)c1. The second-order valence-corrected chi connectivity index (χ2v) is 5.58. The van der Waals surface area contributed by atoms with Crippen molar-refractivity contribution in [2.45, 2.75) is 33.6 Å². The number of aryl methyl sites for hydroxylation is 3. The Labute approximate surface area is 132 Å². The van der Waals surface area contributed by atoms with E-state index in [4.69, 9.17) is 0 Å². The van der Waals surface area contributed by atoms with E-state index in [-0.39, 0.29) is 6.03 Å². The summed E-state index contributed by atoms with van der Waals surface area (Å²) in [6.45, 7) is 6.81. The molecular weight excluding hydrogens is 272 g/mol. The smallest absolute Gasteiger partial charge is 0.319 e. The van der Waals surface area contributed by atoms with Crippen LogP contribution in [0.5, 0.6) is 0 Å². The van der Waals surface area contributed by atoms with E-state index < -0.39 is 0 Å². The van der Waals surface area contributed by atoms with Crippen molar-refractivity contribution in [2.24, 2.45) is 0 Å². The number of carbonyl (C=O) groups excluding carboxylic acids is 1. The van der Waals surface area contributed by atoms with Crippen molar-refractivity contribution >= 4 is 11.7 Å². The van der Waals surface area contributed by atoms with Crippen molar-refractivity contribution in [3.8, 4) is 0 Å². The molecule has 0 aromatic heterocycles. The van der Waals surface area contributed by atoms with Crippen molar-refractivity contribution in [3.05, 3.63) is 64.7 Å². The summed E-state index contributed by atoms with van der Waals surface area (Å²) in [6, 6.07) is 14.3. The summed E-state index contributed by atoms with van der Waals surface area (Å²) in [7, 11) is 0. The molecule has 0 aliphatic carbocycles. The lowest BCUT2D eigenvalue weighted by atomic mass is 10.1. The maximum absolute atomic E-state index is 12.1. The van der Waals surface area contributed by atoms with Crippen molar-refractivity contribution in [2.75, 3.05) is 11.9 Å². The fourth-order valence-electron chi connectivity index (χ4n) is 2.55. The highest BCUT2D eigenvalue weighted by molar-refractivity contribution is 5.91. The van der Waals surface area contributed by atoms with Crippen LogP contribution in [-0.4, -0.2) is 12.6 Å². The monoisotopic (exact) mass is 296 g/mol. The van der Waals surface area contributed by atoms with Gasteiger partial charge in [0.1, 0.15) is 0 Å². The molecule has 2 aromatic carbocycles. The Morgan fingerprint density at radius 1 is 1.09 bits per heavy atom. The van der Waals surface area contributed by atoms with Gasteiger partial charge in [0.15, 0.2) is 0 Å². The predicted molar refractivity (Wildman–Crippen MR) is 92.5 cm³/mol. The van der Waals surface area contributed by atoms with E-state index in [9.17, 15) is 4.79 Å². The molecule has 2 N–H and O–H groups in total. The van der Waals surface area contributed by atoms with Gasteiger partial charge >= 0.3 is 6.03 Å². The third kappa shape index (κ3) is 4.35. The van der Waals surface area contributed by atoms with Crippen LogP contribution in [-0.2, 0) is 12.8 Å². The minimum Gasteiger partial charge on any atom is -0.338 e. The molecule has 2 amide bonds. The van der Waals surface area contributed by atoms with Gasteiger partial charge in [-0.25, -0.2) is 4.79 Å². The average Bonchev–Trinajstić information content (AvgIpc) is 2.49. The predicted octanol–water partition coefficient (Wildman–Crippen LogP) is 4.23. The minimum atomic E-state index is -0.142. The Balaban J connectivity index is 1.89. The normalized spacial score (nSPS) is 10.3. The van der Waals surface area contributed by atoms with Crippen LogP contribution in [0.15, 0.2) is 42.5 Å². The Kier molecular flexibility index (Phi) is 5.59. The number of amides is 2. The van der Waals surface area contributed by atoms with Crippen LogP contribution in [0.25, 0.3) is 0 Å². The number of nitrogens with one attached hydrogen (secondary N) is 2. The van der Waals surface area contributed by atoms with Crippen LogP contribution < -0.4 is 10.6 Å². The molecule has 0 aliphatic rings. The van der Waals surface area contributed by atoms with Gasteiger partial charge in [-0.1, -0.05) is 55.0 Å². The summed E-state index contributed by atoms with van der Waals surface area (Å²) in [5.74, 6) is 0. The molecule has 0 saturated carbocycles. The van der Waals surface area contributed by atoms with Gasteiger partial charge in [-0.2, -0.15) is 0 Å². The Bertz CT molecular complexity index is 650. The van der Waals surface area contributed by atoms with Crippen molar-refractivity contribution in [3.63, 3.8) is 0 Å². The first-order chi connectivity index (χ1) is 10.6. The number of anilines is 1. The molecule has 0 bridgehead atoms. The molecule has 0 aliphatic heterocycles. The maximum atomic E-state index is 12.1. The standard InChI is InChI=1S/C19H24N2O/c1-4-17-10-6-8-15(3)18(17)21-19(22)20-12-11-16-9-5-7-14(2)13-16/h5-10,13H,4,11-12H2,1-3H3,(H2,20,21,22). The summed E-state index contributed by atoms with van der Waals surface area (Å²) in [5.41, 5.74) is 5.67. The Morgan fingerprint density at radius 3 is 2.59 bits per heavy atom. The highest BCUT2D eigenvalue weighted by atomic mass is 16.2. The van der Waals surface area contributed by atoms with Crippen LogP contribution >= 0.6 is 0 Å². The van der Waals surface area contributed by atoms with Crippen LogP contribution in [0.1, 0.15) is 29.2 Å². The Hall–Kier alpha value is -2.29. The third-order valence-corrected chi connectivity index (χ3v) is 3.76. The highest BCUT2D eigenvalue weighted by Gasteiger charge is 2.07. The fraction of sp³-hybridized carbons (Fsp3) is 0.316. The Morgan fingerprint density at radius 2 is 1.86 bits per heavy atom. The average molecular weight is 296 g/mol. The molecule has 116 valence electrons. The lowest BCUT2D eigenvalue weighted by Crippen LogP contribution is -2.31. The van der Waals surface area contributed by atoms with Crippen LogP contribution in [0.4, 0.5) is 10.5 Å². The van der Waals surface area contributed by atoms with Gasteiger partial charge < -0.3 is 10.6 Å². The molecule has 0 radical (unpaired) electrons. The largest absolute Gasteiger partial charge is 0.338 e. The number of hydrogen-bond donors (Lipinski definition) is 2. The molecule has 0 atom stereocenters. The number of urea groups is 1. The van der Waals surface area contributed by atoms with Crippen molar-refractivity contribution in [1.82, 2.24) is 5.32 Å². The highest BCUT2D eigenvalue weighted by Crippen LogP contribution is 2.20. The van der Waals surface area contributed by atoms with E-state index in [0.29, 0.717) is 6.54 Å². The number of para-hydroxylation sites is 1. The zero-order valence-electron chi connectivity index (χ0n) is 13.6. The van der Waals surface area contributed by atoms with E-state index in [1.807, 2.05) is 25.1 Å².